The number of allylic oxidation sites excluding steroid dienone is 1. The Bertz CT molecular complexity index is 432. The normalized spacial score (nSPS) is 28.2. The van der Waals surface area contributed by atoms with Crippen molar-refractivity contribution in [1.82, 2.24) is 0 Å². The molecule has 0 aromatic carbocycles. The van der Waals surface area contributed by atoms with E-state index in [1.54, 1.807) is 12.2 Å². The van der Waals surface area contributed by atoms with Gasteiger partial charge in [0.25, 0.3) is 0 Å². The second-order valence-corrected chi connectivity index (χ2v) is 7.05. The van der Waals surface area contributed by atoms with Crippen molar-refractivity contribution in [3.8, 4) is 0 Å². The molecule has 0 bridgehead atoms. The molecule has 0 spiro atoms. The molecule has 0 unspecified atom stereocenters. The summed E-state index contributed by atoms with van der Waals surface area (Å²) in [5.41, 5.74) is 0. The molecule has 5 atom stereocenters. The second kappa shape index (κ2) is 12.2. The number of unbranched alkanes of at least 4 members (excludes halogenated alkanes) is 3. The van der Waals surface area contributed by atoms with Gasteiger partial charge in [-0.3, -0.25) is 4.79 Å². The van der Waals surface area contributed by atoms with Crippen molar-refractivity contribution in [2.24, 2.45) is 11.8 Å². The van der Waals surface area contributed by atoms with Crippen molar-refractivity contribution < 1.29 is 25.2 Å². The van der Waals surface area contributed by atoms with E-state index in [0.29, 0.717) is 25.7 Å². The van der Waals surface area contributed by atoms with Gasteiger partial charge in [-0.1, -0.05) is 44.1 Å². The fourth-order valence-electron chi connectivity index (χ4n) is 3.47. The van der Waals surface area contributed by atoms with E-state index in [9.17, 15) is 20.1 Å². The standard InChI is InChI=1S/C20H34O5/c1-2-3-4-5-6-7-9-15(21)12-13-17-16(10-8-11-20(24)25)18(22)14-19(17)23/h6-7,12-13,15-19,21-23H,2-5,8-11,14H2,1H3,(H,24,25)/b7-6-,13-12+/t15-,16-,17-,18-,19+/m0/s1. The van der Waals surface area contributed by atoms with Crippen molar-refractivity contribution >= 4 is 5.97 Å². The van der Waals surface area contributed by atoms with E-state index in [1.807, 2.05) is 6.08 Å². The van der Waals surface area contributed by atoms with Crippen LogP contribution in [0.15, 0.2) is 24.3 Å². The lowest BCUT2D eigenvalue weighted by Gasteiger charge is -2.20. The Labute approximate surface area is 151 Å². The van der Waals surface area contributed by atoms with Gasteiger partial charge in [0.05, 0.1) is 18.3 Å². The molecule has 0 saturated heterocycles. The number of hydrogen-bond donors (Lipinski definition) is 4. The molecule has 4 N–H and O–H groups in total. The first-order valence-electron chi connectivity index (χ1n) is 9.55. The highest BCUT2D eigenvalue weighted by Crippen LogP contribution is 2.37. The summed E-state index contributed by atoms with van der Waals surface area (Å²) >= 11 is 0. The number of carboxylic acid groups (broad SMARTS) is 1. The average Bonchev–Trinajstić information content (AvgIpc) is 2.82. The van der Waals surface area contributed by atoms with E-state index in [-0.39, 0.29) is 18.3 Å². The van der Waals surface area contributed by atoms with Crippen molar-refractivity contribution in [3.63, 3.8) is 0 Å². The summed E-state index contributed by atoms with van der Waals surface area (Å²) < 4.78 is 0. The van der Waals surface area contributed by atoms with Crippen LogP contribution in [0.1, 0.15) is 64.7 Å². The van der Waals surface area contributed by atoms with Gasteiger partial charge in [0.15, 0.2) is 0 Å². The summed E-state index contributed by atoms with van der Waals surface area (Å²) in [5, 5.41) is 39.0. The maximum absolute atomic E-state index is 10.6. The molecule has 25 heavy (non-hydrogen) atoms. The summed E-state index contributed by atoms with van der Waals surface area (Å²) in [4.78, 5) is 10.6. The molecule has 1 aliphatic carbocycles. The van der Waals surface area contributed by atoms with Gasteiger partial charge in [-0.15, -0.1) is 0 Å². The number of rotatable bonds is 12. The lowest BCUT2D eigenvalue weighted by molar-refractivity contribution is -0.137. The third-order valence-corrected chi connectivity index (χ3v) is 4.92. The summed E-state index contributed by atoms with van der Waals surface area (Å²) in [6.07, 6.45) is 12.3. The molecule has 1 aliphatic rings. The van der Waals surface area contributed by atoms with Gasteiger partial charge in [-0.2, -0.15) is 0 Å². The number of aliphatic carboxylic acids is 1. The largest absolute Gasteiger partial charge is 0.481 e. The first-order valence-corrected chi connectivity index (χ1v) is 9.55. The average molecular weight is 354 g/mol. The van der Waals surface area contributed by atoms with Crippen LogP contribution < -0.4 is 0 Å². The van der Waals surface area contributed by atoms with Crippen LogP contribution in [0.2, 0.25) is 0 Å². The van der Waals surface area contributed by atoms with Gasteiger partial charge >= 0.3 is 5.97 Å². The molecule has 5 heteroatoms. The topological polar surface area (TPSA) is 98.0 Å². The van der Waals surface area contributed by atoms with Crippen molar-refractivity contribution in [2.45, 2.75) is 83.0 Å². The Kier molecular flexibility index (Phi) is 10.7. The van der Waals surface area contributed by atoms with Crippen molar-refractivity contribution in [2.75, 3.05) is 0 Å². The Balaban J connectivity index is 2.44. The number of carbonyl (C=O) groups is 1. The quantitative estimate of drug-likeness (QED) is 0.319. The third-order valence-electron chi connectivity index (χ3n) is 4.92. The second-order valence-electron chi connectivity index (χ2n) is 7.05. The highest BCUT2D eigenvalue weighted by atomic mass is 16.4. The predicted octanol–water partition coefficient (Wildman–Crippen LogP) is 3.04. The molecule has 0 heterocycles. The lowest BCUT2D eigenvalue weighted by Crippen LogP contribution is -2.21. The van der Waals surface area contributed by atoms with Crippen LogP contribution in [0.4, 0.5) is 0 Å². The van der Waals surface area contributed by atoms with E-state index < -0.39 is 24.3 Å². The van der Waals surface area contributed by atoms with E-state index in [2.05, 4.69) is 13.0 Å². The molecular weight excluding hydrogens is 320 g/mol. The minimum Gasteiger partial charge on any atom is -0.481 e. The minimum absolute atomic E-state index is 0.0706. The minimum atomic E-state index is -0.846. The molecule has 5 nitrogen and oxygen atoms in total. The molecule has 0 radical (unpaired) electrons. The van der Waals surface area contributed by atoms with Crippen LogP contribution in [0, 0.1) is 11.8 Å². The summed E-state index contributed by atoms with van der Waals surface area (Å²) in [5.74, 6) is -1.23. The van der Waals surface area contributed by atoms with Crippen molar-refractivity contribution in [3.05, 3.63) is 24.3 Å². The SMILES string of the molecule is CCCCC/C=C\C[C@H](O)/C=C/[C@H]1[C@H](CCCC(=O)O)[C@@H](O)C[C@H]1O. The number of aliphatic hydroxyl groups is 3. The molecule has 0 aliphatic heterocycles. The van der Waals surface area contributed by atoms with Gasteiger partial charge in [-0.25, -0.2) is 0 Å². The first-order chi connectivity index (χ1) is 12.0. The zero-order valence-electron chi connectivity index (χ0n) is 15.3. The van der Waals surface area contributed by atoms with Crippen LogP contribution >= 0.6 is 0 Å². The zero-order valence-corrected chi connectivity index (χ0v) is 15.3. The van der Waals surface area contributed by atoms with Crippen LogP contribution in [-0.2, 0) is 4.79 Å². The van der Waals surface area contributed by atoms with E-state index >= 15 is 0 Å². The number of carboxylic acids is 1. The highest BCUT2D eigenvalue weighted by Gasteiger charge is 2.39. The van der Waals surface area contributed by atoms with E-state index in [1.165, 1.54) is 19.3 Å². The smallest absolute Gasteiger partial charge is 0.303 e. The van der Waals surface area contributed by atoms with Gasteiger partial charge in [0.2, 0.25) is 0 Å². The fraction of sp³-hybridized carbons (Fsp3) is 0.750. The van der Waals surface area contributed by atoms with E-state index in [4.69, 9.17) is 5.11 Å². The lowest BCUT2D eigenvalue weighted by atomic mass is 9.88. The molecular formula is C20H34O5. The summed E-state index contributed by atoms with van der Waals surface area (Å²) in [6.45, 7) is 2.17. The monoisotopic (exact) mass is 354 g/mol. The van der Waals surface area contributed by atoms with Crippen molar-refractivity contribution in [1.29, 1.82) is 0 Å². The zero-order chi connectivity index (χ0) is 18.7. The van der Waals surface area contributed by atoms with Gasteiger partial charge in [0.1, 0.15) is 0 Å². The van der Waals surface area contributed by atoms with Gasteiger partial charge < -0.3 is 20.4 Å². The molecule has 1 rings (SSSR count). The predicted molar refractivity (Wildman–Crippen MR) is 98.1 cm³/mol. The third kappa shape index (κ3) is 8.66. The molecule has 1 saturated carbocycles. The first kappa shape index (κ1) is 21.9. The van der Waals surface area contributed by atoms with Crippen LogP contribution in [0.25, 0.3) is 0 Å². The number of hydrogen-bond acceptors (Lipinski definition) is 4. The Hall–Kier alpha value is -1.17. The molecule has 0 aromatic rings. The van der Waals surface area contributed by atoms with Gasteiger partial charge in [-0.05, 0) is 38.0 Å². The van der Waals surface area contributed by atoms with Crippen LogP contribution in [0.5, 0.6) is 0 Å². The Morgan fingerprint density at radius 3 is 2.60 bits per heavy atom. The molecule has 0 aromatic heterocycles. The number of aliphatic hydroxyl groups excluding tert-OH is 3. The van der Waals surface area contributed by atoms with Gasteiger partial charge in [0, 0.05) is 18.8 Å². The maximum Gasteiger partial charge on any atom is 0.303 e. The Morgan fingerprint density at radius 2 is 1.92 bits per heavy atom. The van der Waals surface area contributed by atoms with E-state index in [0.717, 1.165) is 6.42 Å². The maximum atomic E-state index is 10.6. The molecule has 1 fully saturated rings. The fourth-order valence-corrected chi connectivity index (χ4v) is 3.47. The highest BCUT2D eigenvalue weighted by molar-refractivity contribution is 5.66. The summed E-state index contributed by atoms with van der Waals surface area (Å²) in [6, 6.07) is 0. The summed E-state index contributed by atoms with van der Waals surface area (Å²) in [7, 11) is 0. The molecule has 144 valence electrons. The van der Waals surface area contributed by atoms with Crippen LogP contribution in [0.3, 0.4) is 0 Å². The Morgan fingerprint density at radius 1 is 1.16 bits per heavy atom. The molecule has 0 amide bonds. The van der Waals surface area contributed by atoms with Crippen LogP contribution in [-0.4, -0.2) is 44.7 Å².